The molecule has 1 rings (SSSR count). The van der Waals surface area contributed by atoms with Crippen molar-refractivity contribution in [3.8, 4) is 0 Å². The Morgan fingerprint density at radius 3 is 2.74 bits per heavy atom. The molecule has 1 amide bonds. The van der Waals surface area contributed by atoms with Crippen molar-refractivity contribution in [2.45, 2.75) is 71.0 Å². The SMILES string of the molecule is CCCCNC(=O)C(C)N1CCCCC1C(C)NC. The van der Waals surface area contributed by atoms with E-state index < -0.39 is 0 Å². The zero-order chi connectivity index (χ0) is 14.3. The third kappa shape index (κ3) is 4.77. The summed E-state index contributed by atoms with van der Waals surface area (Å²) in [6.07, 6.45) is 5.86. The predicted molar refractivity (Wildman–Crippen MR) is 80.2 cm³/mol. The van der Waals surface area contributed by atoms with Crippen LogP contribution in [-0.2, 0) is 4.79 Å². The summed E-state index contributed by atoms with van der Waals surface area (Å²) in [7, 11) is 2.00. The van der Waals surface area contributed by atoms with Crippen LogP contribution in [0, 0.1) is 0 Å². The van der Waals surface area contributed by atoms with Crippen molar-refractivity contribution in [2.24, 2.45) is 0 Å². The number of rotatable bonds is 7. The van der Waals surface area contributed by atoms with Gasteiger partial charge < -0.3 is 10.6 Å². The minimum Gasteiger partial charge on any atom is -0.355 e. The van der Waals surface area contributed by atoms with Crippen LogP contribution in [0.3, 0.4) is 0 Å². The number of piperidine rings is 1. The van der Waals surface area contributed by atoms with E-state index in [-0.39, 0.29) is 11.9 Å². The Balaban J connectivity index is 2.55. The second-order valence-electron chi connectivity index (χ2n) is 5.70. The lowest BCUT2D eigenvalue weighted by Gasteiger charge is -2.42. The van der Waals surface area contributed by atoms with E-state index in [1.165, 1.54) is 19.3 Å². The Morgan fingerprint density at radius 1 is 1.37 bits per heavy atom. The van der Waals surface area contributed by atoms with Gasteiger partial charge in [0.25, 0.3) is 0 Å². The number of amides is 1. The van der Waals surface area contributed by atoms with Crippen LogP contribution >= 0.6 is 0 Å². The van der Waals surface area contributed by atoms with Crippen LogP contribution in [0.2, 0.25) is 0 Å². The minimum atomic E-state index is -0.0158. The molecule has 0 saturated carbocycles. The fourth-order valence-corrected chi connectivity index (χ4v) is 2.88. The highest BCUT2D eigenvalue weighted by molar-refractivity contribution is 5.81. The van der Waals surface area contributed by atoms with Crippen LogP contribution in [-0.4, -0.2) is 49.1 Å². The van der Waals surface area contributed by atoms with Crippen molar-refractivity contribution in [2.75, 3.05) is 20.1 Å². The van der Waals surface area contributed by atoms with E-state index in [0.29, 0.717) is 12.1 Å². The first-order valence-corrected chi connectivity index (χ1v) is 7.82. The number of likely N-dealkylation sites (tertiary alicyclic amines) is 1. The Labute approximate surface area is 118 Å². The first-order chi connectivity index (χ1) is 9.11. The molecular weight excluding hydrogens is 238 g/mol. The van der Waals surface area contributed by atoms with Gasteiger partial charge >= 0.3 is 0 Å². The van der Waals surface area contributed by atoms with Crippen LogP contribution in [0.1, 0.15) is 52.9 Å². The summed E-state index contributed by atoms with van der Waals surface area (Å²) in [4.78, 5) is 14.6. The van der Waals surface area contributed by atoms with Crippen molar-refractivity contribution in [3.63, 3.8) is 0 Å². The molecule has 112 valence electrons. The molecule has 3 unspecified atom stereocenters. The van der Waals surface area contributed by atoms with Gasteiger partial charge in [0, 0.05) is 18.6 Å². The summed E-state index contributed by atoms with van der Waals surface area (Å²) >= 11 is 0. The number of likely N-dealkylation sites (N-methyl/N-ethyl adjacent to an activating group) is 1. The van der Waals surface area contributed by atoms with E-state index in [0.717, 1.165) is 25.9 Å². The maximum absolute atomic E-state index is 12.2. The van der Waals surface area contributed by atoms with Crippen molar-refractivity contribution >= 4 is 5.91 Å². The number of unbranched alkanes of at least 4 members (excludes halogenated alkanes) is 1. The molecule has 0 aromatic heterocycles. The lowest BCUT2D eigenvalue weighted by Crippen LogP contribution is -2.57. The maximum atomic E-state index is 12.2. The molecular formula is C15H31N3O. The highest BCUT2D eigenvalue weighted by Crippen LogP contribution is 2.22. The molecule has 0 aromatic carbocycles. The molecule has 1 fully saturated rings. The maximum Gasteiger partial charge on any atom is 0.237 e. The molecule has 19 heavy (non-hydrogen) atoms. The van der Waals surface area contributed by atoms with Crippen molar-refractivity contribution in [1.29, 1.82) is 0 Å². The van der Waals surface area contributed by atoms with E-state index >= 15 is 0 Å². The van der Waals surface area contributed by atoms with Gasteiger partial charge in [-0.15, -0.1) is 0 Å². The second-order valence-corrected chi connectivity index (χ2v) is 5.70. The summed E-state index contributed by atoms with van der Waals surface area (Å²) in [6, 6.07) is 0.898. The number of hydrogen-bond donors (Lipinski definition) is 2. The van der Waals surface area contributed by atoms with Crippen LogP contribution in [0.15, 0.2) is 0 Å². The molecule has 3 atom stereocenters. The van der Waals surface area contributed by atoms with Gasteiger partial charge in [-0.2, -0.15) is 0 Å². The predicted octanol–water partition coefficient (Wildman–Crippen LogP) is 1.75. The Kier molecular flexibility index (Phi) is 7.39. The quantitative estimate of drug-likeness (QED) is 0.692. The average Bonchev–Trinajstić information content (AvgIpc) is 2.45. The molecule has 4 heteroatoms. The molecule has 1 saturated heterocycles. The van der Waals surface area contributed by atoms with Gasteiger partial charge in [0.1, 0.15) is 0 Å². The van der Waals surface area contributed by atoms with Gasteiger partial charge in [-0.1, -0.05) is 19.8 Å². The lowest BCUT2D eigenvalue weighted by atomic mass is 9.94. The number of nitrogens with zero attached hydrogens (tertiary/aromatic N) is 1. The zero-order valence-corrected chi connectivity index (χ0v) is 13.0. The molecule has 0 spiro atoms. The van der Waals surface area contributed by atoms with Gasteiger partial charge in [-0.3, -0.25) is 9.69 Å². The molecule has 0 bridgehead atoms. The molecule has 0 aliphatic carbocycles. The standard InChI is InChI=1S/C15H31N3O/c1-5-6-10-17-15(19)13(3)18-11-8-7-9-14(18)12(2)16-4/h12-14,16H,5-11H2,1-4H3,(H,17,19). The summed E-state index contributed by atoms with van der Waals surface area (Å²) in [5.41, 5.74) is 0. The fraction of sp³-hybridized carbons (Fsp3) is 0.933. The zero-order valence-electron chi connectivity index (χ0n) is 13.0. The minimum absolute atomic E-state index is 0.0158. The van der Waals surface area contributed by atoms with Gasteiger partial charge in [0.15, 0.2) is 0 Å². The van der Waals surface area contributed by atoms with Gasteiger partial charge in [0.05, 0.1) is 6.04 Å². The van der Waals surface area contributed by atoms with Crippen molar-refractivity contribution in [3.05, 3.63) is 0 Å². The van der Waals surface area contributed by atoms with Gasteiger partial charge in [-0.05, 0) is 46.7 Å². The normalized spacial score (nSPS) is 23.9. The molecule has 4 nitrogen and oxygen atoms in total. The summed E-state index contributed by atoms with van der Waals surface area (Å²) < 4.78 is 0. The highest BCUT2D eigenvalue weighted by atomic mass is 16.2. The molecule has 2 N–H and O–H groups in total. The first kappa shape index (κ1) is 16.4. The highest BCUT2D eigenvalue weighted by Gasteiger charge is 2.32. The third-order valence-corrected chi connectivity index (χ3v) is 4.33. The Bertz CT molecular complexity index is 270. The summed E-state index contributed by atoms with van der Waals surface area (Å²) in [6.45, 7) is 8.25. The van der Waals surface area contributed by atoms with E-state index in [9.17, 15) is 4.79 Å². The monoisotopic (exact) mass is 269 g/mol. The molecule has 0 radical (unpaired) electrons. The number of hydrogen-bond acceptors (Lipinski definition) is 3. The van der Waals surface area contributed by atoms with Crippen LogP contribution in [0.4, 0.5) is 0 Å². The fourth-order valence-electron chi connectivity index (χ4n) is 2.88. The topological polar surface area (TPSA) is 44.4 Å². The second kappa shape index (κ2) is 8.54. The molecule has 1 aliphatic heterocycles. The van der Waals surface area contributed by atoms with Crippen LogP contribution < -0.4 is 10.6 Å². The first-order valence-electron chi connectivity index (χ1n) is 7.82. The Hall–Kier alpha value is -0.610. The number of carbonyl (C=O) groups excluding carboxylic acids is 1. The molecule has 1 aliphatic rings. The molecule has 0 aromatic rings. The summed E-state index contributed by atoms with van der Waals surface area (Å²) in [5, 5.41) is 6.39. The largest absolute Gasteiger partial charge is 0.355 e. The van der Waals surface area contributed by atoms with E-state index in [4.69, 9.17) is 0 Å². The van der Waals surface area contributed by atoms with E-state index in [1.807, 2.05) is 14.0 Å². The van der Waals surface area contributed by atoms with Crippen LogP contribution in [0.5, 0.6) is 0 Å². The lowest BCUT2D eigenvalue weighted by molar-refractivity contribution is -0.127. The Morgan fingerprint density at radius 2 is 2.11 bits per heavy atom. The number of carbonyl (C=O) groups is 1. The van der Waals surface area contributed by atoms with E-state index in [2.05, 4.69) is 29.4 Å². The third-order valence-electron chi connectivity index (χ3n) is 4.33. The van der Waals surface area contributed by atoms with Gasteiger partial charge in [-0.25, -0.2) is 0 Å². The summed E-state index contributed by atoms with van der Waals surface area (Å²) in [5.74, 6) is 0.184. The smallest absolute Gasteiger partial charge is 0.237 e. The van der Waals surface area contributed by atoms with Crippen LogP contribution in [0.25, 0.3) is 0 Å². The van der Waals surface area contributed by atoms with Crippen molar-refractivity contribution in [1.82, 2.24) is 15.5 Å². The average molecular weight is 269 g/mol. The number of nitrogens with one attached hydrogen (secondary N) is 2. The van der Waals surface area contributed by atoms with Gasteiger partial charge in [0.2, 0.25) is 5.91 Å². The molecule has 1 heterocycles. The van der Waals surface area contributed by atoms with E-state index in [1.54, 1.807) is 0 Å². The van der Waals surface area contributed by atoms with Crippen molar-refractivity contribution < 1.29 is 4.79 Å².